The molecule has 1 heterocycles. The van der Waals surface area contributed by atoms with Crippen LogP contribution in [0.5, 0.6) is 0 Å². The number of rotatable bonds is 8. The SMILES string of the molecule is CCSC1=NOC(CNC(=O)[C@H](C)N(C(=O)OCc2ccccc2)c2cccc3ccccc23)C1. The van der Waals surface area contributed by atoms with E-state index in [-0.39, 0.29) is 18.6 Å². The van der Waals surface area contributed by atoms with Gasteiger partial charge in [0.25, 0.3) is 0 Å². The van der Waals surface area contributed by atoms with Gasteiger partial charge in [-0.05, 0) is 29.7 Å². The molecule has 1 N–H and O–H groups in total. The van der Waals surface area contributed by atoms with Crippen molar-refractivity contribution in [3.8, 4) is 0 Å². The molecule has 0 saturated carbocycles. The minimum atomic E-state index is -0.809. The first-order valence-corrected chi connectivity index (χ1v) is 12.7. The van der Waals surface area contributed by atoms with Crippen LogP contribution < -0.4 is 10.2 Å². The third-order valence-corrected chi connectivity index (χ3v) is 6.58. The van der Waals surface area contributed by atoms with Crippen LogP contribution >= 0.6 is 11.8 Å². The first kappa shape index (κ1) is 24.6. The molecule has 0 aromatic heterocycles. The van der Waals surface area contributed by atoms with Gasteiger partial charge in [-0.1, -0.05) is 78.8 Å². The molecule has 0 saturated heterocycles. The average Bonchev–Trinajstić information content (AvgIpc) is 3.34. The molecule has 3 aromatic carbocycles. The van der Waals surface area contributed by atoms with Crippen molar-refractivity contribution in [2.45, 2.75) is 39.0 Å². The zero-order valence-corrected chi connectivity index (χ0v) is 20.7. The second-order valence-corrected chi connectivity index (χ2v) is 9.52. The Bertz CT molecular complexity index is 1200. The molecule has 1 unspecified atom stereocenters. The molecule has 2 atom stereocenters. The minimum absolute atomic E-state index is 0.112. The summed E-state index contributed by atoms with van der Waals surface area (Å²) < 4.78 is 5.64. The van der Waals surface area contributed by atoms with Gasteiger partial charge in [0.1, 0.15) is 17.7 Å². The zero-order valence-electron chi connectivity index (χ0n) is 19.8. The van der Waals surface area contributed by atoms with Crippen LogP contribution in [0.1, 0.15) is 25.8 Å². The quantitative estimate of drug-likeness (QED) is 0.460. The maximum Gasteiger partial charge on any atom is 0.415 e. The van der Waals surface area contributed by atoms with Crippen molar-refractivity contribution in [2.75, 3.05) is 17.2 Å². The summed E-state index contributed by atoms with van der Waals surface area (Å²) in [5.74, 6) is 0.624. The standard InChI is InChI=1S/C27H29N3O4S/c1-3-35-25-16-22(34-29-25)17-28-26(31)19(2)30(27(32)33-18-20-10-5-4-6-11-20)24-15-9-13-21-12-7-8-14-23(21)24/h4-15,19,22H,3,16-18H2,1-2H3,(H,28,31)/t19-,22?/m0/s1. The van der Waals surface area contributed by atoms with Crippen molar-refractivity contribution < 1.29 is 19.2 Å². The number of fused-ring (bicyclic) bond motifs is 1. The van der Waals surface area contributed by atoms with E-state index in [0.29, 0.717) is 18.7 Å². The molecule has 0 fully saturated rings. The lowest BCUT2D eigenvalue weighted by atomic mass is 10.1. The molecule has 8 heteroatoms. The number of anilines is 1. The monoisotopic (exact) mass is 491 g/mol. The normalized spacial score (nSPS) is 15.7. The third kappa shape index (κ3) is 6.14. The highest BCUT2D eigenvalue weighted by atomic mass is 32.2. The number of benzene rings is 3. The fraction of sp³-hybridized carbons (Fsp3) is 0.296. The fourth-order valence-corrected chi connectivity index (χ4v) is 4.65. The largest absolute Gasteiger partial charge is 0.444 e. The summed E-state index contributed by atoms with van der Waals surface area (Å²) in [7, 11) is 0. The van der Waals surface area contributed by atoms with Gasteiger partial charge in [0.15, 0.2) is 6.10 Å². The van der Waals surface area contributed by atoms with Crippen molar-refractivity contribution >= 4 is 45.3 Å². The van der Waals surface area contributed by atoms with Gasteiger partial charge in [0.2, 0.25) is 5.91 Å². The fourth-order valence-electron chi connectivity index (χ4n) is 3.92. The van der Waals surface area contributed by atoms with Gasteiger partial charge >= 0.3 is 6.09 Å². The lowest BCUT2D eigenvalue weighted by Gasteiger charge is -2.29. The molecule has 0 aliphatic carbocycles. The van der Waals surface area contributed by atoms with Gasteiger partial charge < -0.3 is 14.9 Å². The Morgan fingerprint density at radius 3 is 2.66 bits per heavy atom. The highest BCUT2D eigenvalue weighted by Crippen LogP contribution is 2.29. The van der Waals surface area contributed by atoms with Crippen molar-refractivity contribution in [1.82, 2.24) is 5.32 Å². The van der Waals surface area contributed by atoms with Crippen LogP contribution in [0.25, 0.3) is 10.8 Å². The second kappa shape index (κ2) is 11.8. The Hall–Kier alpha value is -3.52. The van der Waals surface area contributed by atoms with E-state index in [1.807, 2.05) is 72.8 Å². The van der Waals surface area contributed by atoms with E-state index in [1.165, 1.54) is 4.90 Å². The highest BCUT2D eigenvalue weighted by molar-refractivity contribution is 8.13. The van der Waals surface area contributed by atoms with E-state index < -0.39 is 12.1 Å². The molecule has 35 heavy (non-hydrogen) atoms. The first-order chi connectivity index (χ1) is 17.1. The van der Waals surface area contributed by atoms with Crippen LogP contribution in [0.4, 0.5) is 10.5 Å². The number of nitrogens with zero attached hydrogens (tertiary/aromatic N) is 2. The molecule has 0 spiro atoms. The highest BCUT2D eigenvalue weighted by Gasteiger charge is 2.31. The van der Waals surface area contributed by atoms with Crippen LogP contribution in [0.15, 0.2) is 78.0 Å². The maximum absolute atomic E-state index is 13.4. The number of nitrogens with one attached hydrogen (secondary N) is 1. The Morgan fingerprint density at radius 1 is 1.11 bits per heavy atom. The molecule has 4 rings (SSSR count). The van der Waals surface area contributed by atoms with Crippen LogP contribution in [-0.2, 0) is 21.0 Å². The van der Waals surface area contributed by atoms with Crippen molar-refractivity contribution in [2.24, 2.45) is 5.16 Å². The van der Waals surface area contributed by atoms with Crippen LogP contribution in [0.2, 0.25) is 0 Å². The summed E-state index contributed by atoms with van der Waals surface area (Å²) in [4.78, 5) is 33.4. The van der Waals surface area contributed by atoms with Gasteiger partial charge in [0, 0.05) is 11.8 Å². The Labute approximate surface area is 209 Å². The Morgan fingerprint density at radius 2 is 1.86 bits per heavy atom. The number of hydrogen-bond donors (Lipinski definition) is 1. The summed E-state index contributed by atoms with van der Waals surface area (Å²) >= 11 is 1.64. The average molecular weight is 492 g/mol. The number of oxime groups is 1. The van der Waals surface area contributed by atoms with E-state index in [1.54, 1.807) is 18.7 Å². The predicted molar refractivity (Wildman–Crippen MR) is 141 cm³/mol. The molecule has 1 aliphatic heterocycles. The number of amides is 2. The molecule has 0 radical (unpaired) electrons. The molecule has 1 aliphatic rings. The van der Waals surface area contributed by atoms with Crippen LogP contribution in [-0.4, -0.2) is 41.5 Å². The summed E-state index contributed by atoms with van der Waals surface area (Å²) in [6.45, 7) is 4.18. The summed E-state index contributed by atoms with van der Waals surface area (Å²) in [6, 6.07) is 22.1. The van der Waals surface area contributed by atoms with Crippen LogP contribution in [0, 0.1) is 0 Å². The van der Waals surface area contributed by atoms with Crippen molar-refractivity contribution in [1.29, 1.82) is 0 Å². The first-order valence-electron chi connectivity index (χ1n) is 11.7. The van der Waals surface area contributed by atoms with Gasteiger partial charge in [-0.25, -0.2) is 4.79 Å². The van der Waals surface area contributed by atoms with Crippen LogP contribution in [0.3, 0.4) is 0 Å². The van der Waals surface area contributed by atoms with Gasteiger partial charge in [0.05, 0.1) is 12.2 Å². The van der Waals surface area contributed by atoms with E-state index in [2.05, 4.69) is 17.4 Å². The summed E-state index contributed by atoms with van der Waals surface area (Å²) in [5.41, 5.74) is 1.49. The van der Waals surface area contributed by atoms with E-state index in [9.17, 15) is 9.59 Å². The lowest BCUT2D eigenvalue weighted by Crippen LogP contribution is -2.49. The van der Waals surface area contributed by atoms with E-state index in [4.69, 9.17) is 9.57 Å². The molecule has 2 amide bonds. The topological polar surface area (TPSA) is 80.2 Å². The zero-order chi connectivity index (χ0) is 24.6. The number of carbonyl (C=O) groups excluding carboxylic acids is 2. The summed E-state index contributed by atoms with van der Waals surface area (Å²) in [5, 5.41) is 9.75. The Balaban J connectivity index is 1.51. The number of carbonyl (C=O) groups is 2. The molecule has 182 valence electrons. The van der Waals surface area contributed by atoms with Crippen molar-refractivity contribution in [3.63, 3.8) is 0 Å². The lowest BCUT2D eigenvalue weighted by molar-refractivity contribution is -0.122. The Kier molecular flexibility index (Phi) is 8.26. The van der Waals surface area contributed by atoms with Gasteiger partial charge in [-0.15, -0.1) is 11.8 Å². The number of ether oxygens (including phenoxy) is 1. The van der Waals surface area contributed by atoms with Crippen molar-refractivity contribution in [3.05, 3.63) is 78.4 Å². The van der Waals surface area contributed by atoms with Gasteiger partial charge in [-0.3, -0.25) is 9.69 Å². The molecular weight excluding hydrogens is 462 g/mol. The smallest absolute Gasteiger partial charge is 0.415 e. The molecular formula is C27H29N3O4S. The number of hydrogen-bond acceptors (Lipinski definition) is 6. The second-order valence-electron chi connectivity index (χ2n) is 8.18. The van der Waals surface area contributed by atoms with E-state index in [0.717, 1.165) is 27.1 Å². The van der Waals surface area contributed by atoms with Gasteiger partial charge in [-0.2, -0.15) is 0 Å². The third-order valence-electron chi connectivity index (χ3n) is 5.72. The predicted octanol–water partition coefficient (Wildman–Crippen LogP) is 5.34. The molecule has 3 aromatic rings. The maximum atomic E-state index is 13.4. The molecule has 7 nitrogen and oxygen atoms in total. The number of thioether (sulfide) groups is 1. The summed E-state index contributed by atoms with van der Waals surface area (Å²) in [6.07, 6.45) is -0.134. The minimum Gasteiger partial charge on any atom is -0.444 e. The molecule has 0 bridgehead atoms. The van der Waals surface area contributed by atoms with E-state index >= 15 is 0 Å².